The van der Waals surface area contributed by atoms with Crippen molar-refractivity contribution in [3.63, 3.8) is 0 Å². The number of nitrogens with zero attached hydrogens (tertiary/aromatic N) is 1. The highest BCUT2D eigenvalue weighted by Crippen LogP contribution is 2.43. The molecule has 0 aliphatic carbocycles. The first kappa shape index (κ1) is 16.2. The molecule has 2 aliphatic heterocycles. The van der Waals surface area contributed by atoms with Crippen LogP contribution in [0.1, 0.15) is 23.8 Å². The van der Waals surface area contributed by atoms with Gasteiger partial charge in [0, 0.05) is 41.3 Å². The molecule has 0 aromatic heterocycles. The number of benzene rings is 2. The van der Waals surface area contributed by atoms with Gasteiger partial charge in [-0.05, 0) is 30.2 Å². The van der Waals surface area contributed by atoms with Crippen molar-refractivity contribution >= 4 is 23.4 Å². The summed E-state index contributed by atoms with van der Waals surface area (Å²) in [6.45, 7) is 2.02. The Hall–Kier alpha value is -2.24. The number of hydrogen-bond donors (Lipinski definition) is 2. The molecule has 0 saturated carbocycles. The Morgan fingerprint density at radius 2 is 2.00 bits per heavy atom. The minimum Gasteiger partial charge on any atom is -0.415 e. The predicted octanol–water partition coefficient (Wildman–Crippen LogP) is 3.54. The Bertz CT molecular complexity index is 796. The summed E-state index contributed by atoms with van der Waals surface area (Å²) in [7, 11) is 0. The zero-order chi connectivity index (χ0) is 17.4. The molecule has 6 heteroatoms. The number of nitrogens with one attached hydrogen (secondary N) is 1. The maximum atomic E-state index is 12.4. The molecule has 5 nitrogen and oxygen atoms in total. The van der Waals surface area contributed by atoms with Crippen molar-refractivity contribution in [1.29, 1.82) is 0 Å². The number of hydrogen-bond acceptors (Lipinski definition) is 4. The van der Waals surface area contributed by atoms with Crippen LogP contribution in [0, 0.1) is 0 Å². The van der Waals surface area contributed by atoms with Crippen molar-refractivity contribution in [1.82, 2.24) is 4.90 Å². The third-order valence-electron chi connectivity index (χ3n) is 5.10. The molecule has 1 amide bonds. The van der Waals surface area contributed by atoms with Gasteiger partial charge in [0.2, 0.25) is 6.29 Å². The lowest BCUT2D eigenvalue weighted by Gasteiger charge is -2.24. The van der Waals surface area contributed by atoms with E-state index in [1.54, 1.807) is 29.2 Å². The van der Waals surface area contributed by atoms with Gasteiger partial charge in [0.05, 0.1) is 0 Å². The van der Waals surface area contributed by atoms with Crippen LogP contribution in [0.15, 0.2) is 48.5 Å². The second-order valence-electron chi connectivity index (χ2n) is 6.64. The standard InChI is InChI=1S/C19H19ClN2O3/c20-14-7-5-13(6-8-14)17(23)25-18(24)22-10-9-19(12-22)11-21-16-4-2-1-3-15(16)19/h1-8,17,21,23H,9-12H2. The maximum absolute atomic E-state index is 12.4. The second-order valence-corrected chi connectivity index (χ2v) is 7.08. The van der Waals surface area contributed by atoms with Crippen molar-refractivity contribution in [2.24, 2.45) is 0 Å². The fraction of sp³-hybridized carbons (Fsp3) is 0.316. The number of para-hydroxylation sites is 1. The molecule has 0 radical (unpaired) electrons. The number of likely N-dealkylation sites (tertiary alicyclic amines) is 1. The number of rotatable bonds is 2. The molecule has 2 aliphatic rings. The molecule has 4 rings (SSSR count). The van der Waals surface area contributed by atoms with Crippen LogP contribution in [-0.4, -0.2) is 35.7 Å². The maximum Gasteiger partial charge on any atom is 0.412 e. The van der Waals surface area contributed by atoms with Crippen LogP contribution in [0.3, 0.4) is 0 Å². The summed E-state index contributed by atoms with van der Waals surface area (Å²) in [5, 5.41) is 14.1. The largest absolute Gasteiger partial charge is 0.415 e. The summed E-state index contributed by atoms with van der Waals surface area (Å²) in [4.78, 5) is 14.1. The fourth-order valence-corrected chi connectivity index (χ4v) is 3.84. The van der Waals surface area contributed by atoms with Crippen LogP contribution in [0.4, 0.5) is 10.5 Å². The third kappa shape index (κ3) is 2.94. The van der Waals surface area contributed by atoms with Gasteiger partial charge in [0.15, 0.2) is 0 Å². The zero-order valence-corrected chi connectivity index (χ0v) is 14.4. The monoisotopic (exact) mass is 358 g/mol. The van der Waals surface area contributed by atoms with Gasteiger partial charge in [-0.3, -0.25) is 0 Å². The summed E-state index contributed by atoms with van der Waals surface area (Å²) >= 11 is 5.83. The van der Waals surface area contributed by atoms with Crippen LogP contribution in [0.25, 0.3) is 0 Å². The van der Waals surface area contributed by atoms with Crippen LogP contribution in [0.5, 0.6) is 0 Å². The first-order valence-corrected chi connectivity index (χ1v) is 8.68. The van der Waals surface area contributed by atoms with E-state index in [-0.39, 0.29) is 5.41 Å². The highest BCUT2D eigenvalue weighted by Gasteiger charge is 2.46. The van der Waals surface area contributed by atoms with Crippen molar-refractivity contribution in [3.05, 3.63) is 64.7 Å². The topological polar surface area (TPSA) is 61.8 Å². The highest BCUT2D eigenvalue weighted by atomic mass is 35.5. The Morgan fingerprint density at radius 1 is 1.24 bits per heavy atom. The molecule has 2 N–H and O–H groups in total. The van der Waals surface area contributed by atoms with E-state index in [1.807, 2.05) is 12.1 Å². The molecule has 130 valence electrons. The molecule has 1 spiro atoms. The number of aliphatic hydroxyl groups is 1. The Balaban J connectivity index is 1.44. The van der Waals surface area contributed by atoms with E-state index in [0.29, 0.717) is 23.7 Å². The second kappa shape index (κ2) is 6.24. The lowest BCUT2D eigenvalue weighted by Crippen LogP contribution is -2.36. The minimum atomic E-state index is -1.30. The number of aliphatic hydroxyl groups excluding tert-OH is 1. The average molecular weight is 359 g/mol. The zero-order valence-electron chi connectivity index (χ0n) is 13.6. The van der Waals surface area contributed by atoms with Crippen LogP contribution < -0.4 is 5.32 Å². The van der Waals surface area contributed by atoms with Gasteiger partial charge in [0.25, 0.3) is 0 Å². The number of ether oxygens (including phenoxy) is 1. The molecule has 2 aromatic carbocycles. The van der Waals surface area contributed by atoms with Crippen molar-refractivity contribution < 1.29 is 14.6 Å². The van der Waals surface area contributed by atoms with Gasteiger partial charge >= 0.3 is 6.09 Å². The summed E-state index contributed by atoms with van der Waals surface area (Å²) in [6, 6.07) is 14.8. The minimum absolute atomic E-state index is 0.0686. The van der Waals surface area contributed by atoms with Crippen molar-refractivity contribution in [2.45, 2.75) is 18.1 Å². The Labute approximate surface area is 151 Å². The SMILES string of the molecule is O=C(OC(O)c1ccc(Cl)cc1)N1CCC2(CNc3ccccc32)C1. The third-order valence-corrected chi connectivity index (χ3v) is 5.35. The lowest BCUT2D eigenvalue weighted by molar-refractivity contribution is -0.0656. The van der Waals surface area contributed by atoms with Gasteiger partial charge in [-0.15, -0.1) is 0 Å². The van der Waals surface area contributed by atoms with E-state index in [0.717, 1.165) is 18.7 Å². The van der Waals surface area contributed by atoms with Gasteiger partial charge in [-0.2, -0.15) is 0 Å². The lowest BCUT2D eigenvalue weighted by atomic mass is 9.82. The van der Waals surface area contributed by atoms with E-state index in [2.05, 4.69) is 17.4 Å². The Kier molecular flexibility index (Phi) is 4.06. The summed E-state index contributed by atoms with van der Waals surface area (Å²) < 4.78 is 5.23. The number of fused-ring (bicyclic) bond motifs is 2. The van der Waals surface area contributed by atoms with Crippen LogP contribution >= 0.6 is 11.6 Å². The summed E-state index contributed by atoms with van der Waals surface area (Å²) in [5.41, 5.74) is 2.82. The molecule has 2 heterocycles. The molecule has 2 unspecified atom stereocenters. The molecular weight excluding hydrogens is 340 g/mol. The number of anilines is 1. The molecule has 1 fully saturated rings. The normalized spacial score (nSPS) is 22.6. The number of carbonyl (C=O) groups is 1. The van der Waals surface area contributed by atoms with Gasteiger partial charge in [-0.25, -0.2) is 4.79 Å². The van der Waals surface area contributed by atoms with Gasteiger partial charge < -0.3 is 20.1 Å². The summed E-state index contributed by atoms with van der Waals surface area (Å²) in [6.07, 6.45) is -0.914. The summed E-state index contributed by atoms with van der Waals surface area (Å²) in [5.74, 6) is 0. The predicted molar refractivity (Wildman–Crippen MR) is 95.7 cm³/mol. The van der Waals surface area contributed by atoms with Crippen LogP contribution in [0.2, 0.25) is 5.02 Å². The van der Waals surface area contributed by atoms with E-state index in [9.17, 15) is 9.90 Å². The molecule has 1 saturated heterocycles. The van der Waals surface area contributed by atoms with Crippen molar-refractivity contribution in [3.8, 4) is 0 Å². The Morgan fingerprint density at radius 3 is 2.80 bits per heavy atom. The number of carbonyl (C=O) groups excluding carboxylic acids is 1. The molecular formula is C19H19ClN2O3. The number of amides is 1. The van der Waals surface area contributed by atoms with Gasteiger partial charge in [0.1, 0.15) is 0 Å². The molecule has 2 aromatic rings. The smallest absolute Gasteiger partial charge is 0.412 e. The first-order chi connectivity index (χ1) is 12.1. The van der Waals surface area contributed by atoms with E-state index in [4.69, 9.17) is 16.3 Å². The van der Waals surface area contributed by atoms with E-state index < -0.39 is 12.4 Å². The quantitative estimate of drug-likeness (QED) is 0.806. The fourth-order valence-electron chi connectivity index (χ4n) is 3.72. The molecule has 2 atom stereocenters. The van der Waals surface area contributed by atoms with Gasteiger partial charge in [-0.1, -0.05) is 41.9 Å². The molecule has 0 bridgehead atoms. The van der Waals surface area contributed by atoms with Crippen molar-refractivity contribution in [2.75, 3.05) is 25.0 Å². The average Bonchev–Trinajstić information content (AvgIpc) is 3.21. The first-order valence-electron chi connectivity index (χ1n) is 8.30. The highest BCUT2D eigenvalue weighted by molar-refractivity contribution is 6.30. The molecule has 25 heavy (non-hydrogen) atoms. The van der Waals surface area contributed by atoms with Crippen LogP contribution in [-0.2, 0) is 10.2 Å². The number of halogens is 1. The van der Waals surface area contributed by atoms with E-state index in [1.165, 1.54) is 5.56 Å². The van der Waals surface area contributed by atoms with E-state index >= 15 is 0 Å².